The van der Waals surface area contributed by atoms with Crippen molar-refractivity contribution in [3.8, 4) is 11.4 Å². The van der Waals surface area contributed by atoms with Crippen LogP contribution in [-0.4, -0.2) is 45.0 Å². The second-order valence-electron chi connectivity index (χ2n) is 8.03. The van der Waals surface area contributed by atoms with Crippen molar-refractivity contribution in [3.05, 3.63) is 75.0 Å². The van der Waals surface area contributed by atoms with Crippen LogP contribution in [0.25, 0.3) is 5.69 Å². The summed E-state index contributed by atoms with van der Waals surface area (Å²) in [5, 5.41) is 5.07. The lowest BCUT2D eigenvalue weighted by Gasteiger charge is -2.23. The number of hydrogen-bond donors (Lipinski definition) is 1. The van der Waals surface area contributed by atoms with E-state index in [1.54, 1.807) is 36.4 Å². The summed E-state index contributed by atoms with van der Waals surface area (Å²) in [6.45, 7) is 5.19. The number of halogens is 2. The van der Waals surface area contributed by atoms with Crippen LogP contribution in [0.4, 0.5) is 5.69 Å². The largest absolute Gasteiger partial charge is 0.495 e. The van der Waals surface area contributed by atoms with E-state index in [1.807, 2.05) is 31.4 Å². The summed E-state index contributed by atoms with van der Waals surface area (Å²) in [4.78, 5) is 12.6. The Labute approximate surface area is 215 Å². The first kappa shape index (κ1) is 26.6. The molecule has 0 unspecified atom stereocenters. The van der Waals surface area contributed by atoms with Gasteiger partial charge in [0, 0.05) is 32.7 Å². The molecule has 2 aromatic carbocycles. The SMILES string of the molecule is COc1ccc(C)cc1N(CC(=O)N/N=C\c1cc(C)n(-c2cc(Cl)cc(Cl)c2)c1C)S(C)(=O)=O. The van der Waals surface area contributed by atoms with Gasteiger partial charge in [0.05, 0.1) is 25.3 Å². The molecule has 3 aromatic rings. The molecule has 8 nitrogen and oxygen atoms in total. The van der Waals surface area contributed by atoms with Crippen molar-refractivity contribution >= 4 is 51.0 Å². The Morgan fingerprint density at radius 2 is 1.77 bits per heavy atom. The zero-order chi connectivity index (χ0) is 25.9. The molecule has 0 aliphatic carbocycles. The number of nitrogens with one attached hydrogen (secondary N) is 1. The second-order valence-corrected chi connectivity index (χ2v) is 10.8. The van der Waals surface area contributed by atoms with Gasteiger partial charge in [-0.3, -0.25) is 9.10 Å². The zero-order valence-electron chi connectivity index (χ0n) is 20.0. The fraction of sp³-hybridized carbons (Fsp3) is 0.250. The van der Waals surface area contributed by atoms with Crippen LogP contribution in [0.3, 0.4) is 0 Å². The first-order chi connectivity index (χ1) is 16.4. The predicted octanol–water partition coefficient (Wildman–Crippen LogP) is 4.63. The summed E-state index contributed by atoms with van der Waals surface area (Å²) in [5.74, 6) is -0.267. The van der Waals surface area contributed by atoms with Crippen molar-refractivity contribution in [2.75, 3.05) is 24.2 Å². The molecule has 35 heavy (non-hydrogen) atoms. The molecular weight excluding hydrogens is 511 g/mol. The normalized spacial score (nSPS) is 11.6. The van der Waals surface area contributed by atoms with E-state index in [4.69, 9.17) is 27.9 Å². The maximum atomic E-state index is 12.6. The average Bonchev–Trinajstić information content (AvgIpc) is 3.03. The summed E-state index contributed by atoms with van der Waals surface area (Å²) in [7, 11) is -2.33. The van der Waals surface area contributed by atoms with Crippen LogP contribution in [0.15, 0.2) is 47.6 Å². The van der Waals surface area contributed by atoms with E-state index in [1.165, 1.54) is 13.3 Å². The summed E-state index contributed by atoms with van der Waals surface area (Å²) in [6.07, 6.45) is 2.53. The lowest BCUT2D eigenvalue weighted by atomic mass is 10.2. The number of aromatic nitrogens is 1. The monoisotopic (exact) mass is 536 g/mol. The van der Waals surface area contributed by atoms with E-state index in [0.29, 0.717) is 15.8 Å². The first-order valence-corrected chi connectivity index (χ1v) is 13.1. The third-order valence-corrected chi connectivity index (χ3v) is 6.82. The number of aryl methyl sites for hydroxylation is 2. The van der Waals surface area contributed by atoms with Crippen LogP contribution >= 0.6 is 23.2 Å². The van der Waals surface area contributed by atoms with Gasteiger partial charge in [0.15, 0.2) is 0 Å². The summed E-state index contributed by atoms with van der Waals surface area (Å²) in [6, 6.07) is 12.3. The smallest absolute Gasteiger partial charge is 0.260 e. The number of nitrogens with zero attached hydrogens (tertiary/aromatic N) is 3. The highest BCUT2D eigenvalue weighted by molar-refractivity contribution is 7.92. The third-order valence-electron chi connectivity index (χ3n) is 5.26. The van der Waals surface area contributed by atoms with Crippen molar-refractivity contribution in [1.29, 1.82) is 0 Å². The lowest BCUT2D eigenvalue weighted by Crippen LogP contribution is -2.39. The Kier molecular flexibility index (Phi) is 8.15. The molecule has 0 aliphatic rings. The van der Waals surface area contributed by atoms with Crippen LogP contribution in [0, 0.1) is 20.8 Å². The predicted molar refractivity (Wildman–Crippen MR) is 141 cm³/mol. The molecule has 1 aromatic heterocycles. The molecule has 0 aliphatic heterocycles. The highest BCUT2D eigenvalue weighted by Gasteiger charge is 2.24. The van der Waals surface area contributed by atoms with E-state index < -0.39 is 22.5 Å². The summed E-state index contributed by atoms with van der Waals surface area (Å²) >= 11 is 12.3. The topological polar surface area (TPSA) is 93.0 Å². The maximum Gasteiger partial charge on any atom is 0.260 e. The van der Waals surface area contributed by atoms with Crippen molar-refractivity contribution < 1.29 is 17.9 Å². The standard InChI is InChI=1S/C24H26Cl2N4O4S/c1-15-6-7-23(34-4)22(8-15)29(35(5,32)33)14-24(31)28-27-13-18-9-16(2)30(17(18)3)21-11-19(25)10-20(26)12-21/h6-13H,14H2,1-5H3,(H,28,31)/b27-13-. The van der Waals surface area contributed by atoms with Gasteiger partial charge in [-0.2, -0.15) is 5.10 Å². The number of carbonyl (C=O) groups excluding carboxylic acids is 1. The van der Waals surface area contributed by atoms with E-state index in [-0.39, 0.29) is 5.69 Å². The van der Waals surface area contributed by atoms with E-state index in [9.17, 15) is 13.2 Å². The number of hydrazone groups is 1. The lowest BCUT2D eigenvalue weighted by molar-refractivity contribution is -0.119. The molecule has 0 atom stereocenters. The molecule has 3 rings (SSSR count). The van der Waals surface area contributed by atoms with Gasteiger partial charge in [-0.25, -0.2) is 13.8 Å². The Morgan fingerprint density at radius 1 is 1.11 bits per heavy atom. The molecule has 0 saturated heterocycles. The minimum absolute atomic E-state index is 0.276. The van der Waals surface area contributed by atoms with Gasteiger partial charge in [-0.1, -0.05) is 29.3 Å². The molecule has 1 N–H and O–H groups in total. The number of rotatable bonds is 8. The Bertz CT molecular complexity index is 1380. The van der Waals surface area contributed by atoms with Crippen LogP contribution < -0.4 is 14.5 Å². The number of carbonyl (C=O) groups is 1. The number of benzene rings is 2. The number of ether oxygens (including phenoxy) is 1. The highest BCUT2D eigenvalue weighted by atomic mass is 35.5. The van der Waals surface area contributed by atoms with E-state index in [2.05, 4.69) is 10.5 Å². The van der Waals surface area contributed by atoms with Gasteiger partial charge in [0.2, 0.25) is 10.0 Å². The number of methoxy groups -OCH3 is 1. The van der Waals surface area contributed by atoms with Crippen molar-refractivity contribution in [2.45, 2.75) is 20.8 Å². The molecule has 11 heteroatoms. The molecule has 0 spiro atoms. The average molecular weight is 537 g/mol. The summed E-state index contributed by atoms with van der Waals surface area (Å²) in [5.41, 5.74) is 6.85. The first-order valence-electron chi connectivity index (χ1n) is 10.5. The van der Waals surface area contributed by atoms with Crippen LogP contribution in [-0.2, 0) is 14.8 Å². The van der Waals surface area contributed by atoms with Crippen LogP contribution in [0.1, 0.15) is 22.5 Å². The van der Waals surface area contributed by atoms with Gasteiger partial charge >= 0.3 is 0 Å². The van der Waals surface area contributed by atoms with Crippen LogP contribution in [0.2, 0.25) is 10.0 Å². The molecule has 0 radical (unpaired) electrons. The Balaban J connectivity index is 1.80. The van der Waals surface area contributed by atoms with Crippen molar-refractivity contribution in [2.24, 2.45) is 5.10 Å². The number of sulfonamides is 1. The minimum atomic E-state index is -3.77. The van der Waals surface area contributed by atoms with Gasteiger partial charge in [0.1, 0.15) is 12.3 Å². The van der Waals surface area contributed by atoms with Crippen molar-refractivity contribution in [3.63, 3.8) is 0 Å². The fourth-order valence-corrected chi connectivity index (χ4v) is 5.07. The second kappa shape index (κ2) is 10.7. The van der Waals surface area contributed by atoms with Crippen LogP contribution in [0.5, 0.6) is 5.75 Å². The quantitative estimate of drug-likeness (QED) is 0.335. The number of amides is 1. The number of hydrogen-bond acceptors (Lipinski definition) is 5. The third kappa shape index (κ3) is 6.36. The molecule has 0 saturated carbocycles. The molecule has 0 bridgehead atoms. The highest BCUT2D eigenvalue weighted by Crippen LogP contribution is 2.31. The molecular formula is C24H26Cl2N4O4S. The fourth-order valence-electron chi connectivity index (χ4n) is 3.70. The molecule has 186 valence electrons. The summed E-state index contributed by atoms with van der Waals surface area (Å²) < 4.78 is 33.1. The Hall–Kier alpha value is -3.01. The molecule has 0 fully saturated rings. The number of anilines is 1. The van der Waals surface area contributed by atoms with Gasteiger partial charge < -0.3 is 9.30 Å². The van der Waals surface area contributed by atoms with E-state index >= 15 is 0 Å². The molecule has 1 amide bonds. The Morgan fingerprint density at radius 3 is 2.37 bits per heavy atom. The van der Waals surface area contributed by atoms with Gasteiger partial charge in [-0.15, -0.1) is 0 Å². The van der Waals surface area contributed by atoms with Gasteiger partial charge in [-0.05, 0) is 62.7 Å². The van der Waals surface area contributed by atoms with Gasteiger partial charge in [0.25, 0.3) is 5.91 Å². The maximum absolute atomic E-state index is 12.6. The molecule has 1 heterocycles. The zero-order valence-corrected chi connectivity index (χ0v) is 22.3. The minimum Gasteiger partial charge on any atom is -0.495 e. The van der Waals surface area contributed by atoms with E-state index in [0.717, 1.165) is 38.8 Å². The van der Waals surface area contributed by atoms with Crippen molar-refractivity contribution in [1.82, 2.24) is 9.99 Å².